The Morgan fingerprint density at radius 2 is 1.68 bits per heavy atom. The summed E-state index contributed by atoms with van der Waals surface area (Å²) < 4.78 is 0. The summed E-state index contributed by atoms with van der Waals surface area (Å²) in [6.07, 6.45) is 0.245. The van der Waals surface area contributed by atoms with E-state index in [-0.39, 0.29) is 24.2 Å². The van der Waals surface area contributed by atoms with E-state index in [1.165, 1.54) is 11.0 Å². The second-order valence-electron chi connectivity index (χ2n) is 11.1. The summed E-state index contributed by atoms with van der Waals surface area (Å²) in [6, 6.07) is 7.95. The van der Waals surface area contributed by atoms with Crippen LogP contribution in [0.5, 0.6) is 5.75 Å². The summed E-state index contributed by atoms with van der Waals surface area (Å²) in [5.41, 5.74) is 6.90. The van der Waals surface area contributed by atoms with Gasteiger partial charge in [-0.25, -0.2) is 0 Å². The molecular weight excluding hydrogens is 488 g/mol. The maximum atomic E-state index is 13.9. The summed E-state index contributed by atoms with van der Waals surface area (Å²) in [5.74, 6) is -10.4. The molecule has 0 aromatic heterocycles. The number of amides is 1. The maximum Gasteiger partial charge on any atom is 0.235 e. The van der Waals surface area contributed by atoms with Gasteiger partial charge in [0.05, 0.1) is 17.5 Å². The van der Waals surface area contributed by atoms with E-state index in [0.29, 0.717) is 5.56 Å². The highest BCUT2D eigenvalue weighted by Gasteiger charge is 2.69. The van der Waals surface area contributed by atoms with Gasteiger partial charge in [-0.3, -0.25) is 28.9 Å². The number of carbonyl (C=O) groups excluding carboxylic acids is 5. The van der Waals surface area contributed by atoms with E-state index in [0.717, 1.165) is 22.3 Å². The molecule has 3 aliphatic rings. The number of nitrogens with zero attached hydrogens (tertiary/aromatic N) is 1. The van der Waals surface area contributed by atoms with Crippen molar-refractivity contribution in [2.75, 3.05) is 14.1 Å². The van der Waals surface area contributed by atoms with Gasteiger partial charge in [-0.2, -0.15) is 0 Å². The first-order valence-electron chi connectivity index (χ1n) is 12.6. The molecule has 0 aliphatic heterocycles. The van der Waals surface area contributed by atoms with Crippen LogP contribution in [0.1, 0.15) is 33.5 Å². The highest BCUT2D eigenvalue weighted by Crippen LogP contribution is 2.51. The van der Waals surface area contributed by atoms with Crippen molar-refractivity contribution in [2.24, 2.45) is 29.4 Å². The lowest BCUT2D eigenvalue weighted by Gasteiger charge is -2.52. The molecule has 4 N–H and O–H groups in total. The van der Waals surface area contributed by atoms with Crippen LogP contribution in [-0.4, -0.2) is 69.9 Å². The van der Waals surface area contributed by atoms with Gasteiger partial charge < -0.3 is 15.9 Å². The van der Waals surface area contributed by atoms with E-state index < -0.39 is 64.4 Å². The minimum atomic E-state index is -2.72. The third kappa shape index (κ3) is 3.41. The molecule has 5 rings (SSSR count). The van der Waals surface area contributed by atoms with E-state index >= 15 is 0 Å². The van der Waals surface area contributed by atoms with E-state index in [4.69, 9.17) is 5.73 Å². The molecule has 9 nitrogen and oxygen atoms in total. The van der Waals surface area contributed by atoms with E-state index in [1.54, 1.807) is 20.2 Å². The molecule has 0 radical (unpaired) electrons. The van der Waals surface area contributed by atoms with Gasteiger partial charge in [0.2, 0.25) is 5.91 Å². The summed E-state index contributed by atoms with van der Waals surface area (Å²) >= 11 is 0. The normalized spacial score (nSPS) is 30.6. The summed E-state index contributed by atoms with van der Waals surface area (Å²) in [5, 5.41) is 22.4. The lowest BCUT2D eigenvalue weighted by atomic mass is 9.52. The molecule has 0 heterocycles. The van der Waals surface area contributed by atoms with Gasteiger partial charge >= 0.3 is 0 Å². The van der Waals surface area contributed by atoms with E-state index in [9.17, 15) is 34.2 Å². The molecule has 2 fully saturated rings. The lowest BCUT2D eigenvalue weighted by Crippen LogP contribution is -2.74. The van der Waals surface area contributed by atoms with Crippen molar-refractivity contribution < 1.29 is 34.2 Å². The number of aliphatic hydroxyl groups is 1. The molecule has 0 bridgehead atoms. The third-order valence-corrected chi connectivity index (χ3v) is 8.62. The number of ketones is 4. The number of hydrogen-bond donors (Lipinski definition) is 3. The van der Waals surface area contributed by atoms with Crippen LogP contribution in [0.4, 0.5) is 0 Å². The minimum Gasteiger partial charge on any atom is -0.507 e. The summed E-state index contributed by atoms with van der Waals surface area (Å²) in [6.45, 7) is 3.93. The Labute approximate surface area is 219 Å². The summed E-state index contributed by atoms with van der Waals surface area (Å²) in [7, 11) is 3.12. The topological polar surface area (TPSA) is 155 Å². The highest BCUT2D eigenvalue weighted by molar-refractivity contribution is 6.32. The Kier molecular flexibility index (Phi) is 5.92. The Morgan fingerprint density at radius 3 is 2.29 bits per heavy atom. The first kappa shape index (κ1) is 25.9. The standard InChI is InChI=1S/C29H30N2O7/c1-12-5-6-15(13(2)9-12)16-7-8-19(32)21-17(16)10-14-11-18-23(31(3)4)25(34)22(28(30)37)27(36)29(18,38)26(35)20(14)24(21)33/h5-9,14,18,20,22-23,32,38H,10-11H2,1-4H3,(H2,30,37)/t14-,18-,20?,22?,23-,29-/m0/s1. The zero-order valence-corrected chi connectivity index (χ0v) is 21.6. The fraction of sp³-hybridized carbons (Fsp3) is 0.414. The van der Waals surface area contributed by atoms with Crippen molar-refractivity contribution >= 4 is 29.0 Å². The number of nitrogens with two attached hydrogens (primary N) is 1. The van der Waals surface area contributed by atoms with Gasteiger partial charge in [0.25, 0.3) is 0 Å². The second-order valence-corrected chi connectivity index (χ2v) is 11.1. The quantitative estimate of drug-likeness (QED) is 0.511. The zero-order chi connectivity index (χ0) is 27.8. The monoisotopic (exact) mass is 518 g/mol. The van der Waals surface area contributed by atoms with Gasteiger partial charge in [-0.05, 0) is 75.0 Å². The fourth-order valence-electron chi connectivity index (χ4n) is 6.97. The summed E-state index contributed by atoms with van der Waals surface area (Å²) in [4.78, 5) is 67.8. The van der Waals surface area contributed by atoms with Crippen molar-refractivity contribution in [3.63, 3.8) is 0 Å². The van der Waals surface area contributed by atoms with Crippen LogP contribution in [0.2, 0.25) is 0 Å². The number of primary amides is 1. The number of aromatic hydroxyl groups is 1. The number of aryl methyl sites for hydroxylation is 2. The number of Topliss-reactive ketones (excluding diaryl/α,β-unsaturated/α-hetero) is 4. The molecule has 198 valence electrons. The number of carbonyl (C=O) groups is 5. The Bertz CT molecular complexity index is 1440. The predicted octanol–water partition coefficient (Wildman–Crippen LogP) is 1.15. The molecular formula is C29H30N2O7. The van der Waals surface area contributed by atoms with Crippen molar-refractivity contribution in [1.82, 2.24) is 4.90 Å². The lowest BCUT2D eigenvalue weighted by molar-refractivity contribution is -0.181. The number of phenolic OH excluding ortho intramolecular Hbond substituents is 1. The van der Waals surface area contributed by atoms with Crippen LogP contribution >= 0.6 is 0 Å². The van der Waals surface area contributed by atoms with Gasteiger partial charge in [0.15, 0.2) is 34.7 Å². The number of phenols is 1. The van der Waals surface area contributed by atoms with Crippen molar-refractivity contribution in [3.05, 3.63) is 52.6 Å². The maximum absolute atomic E-state index is 13.9. The van der Waals surface area contributed by atoms with Crippen LogP contribution in [0.25, 0.3) is 11.1 Å². The first-order valence-corrected chi connectivity index (χ1v) is 12.6. The largest absolute Gasteiger partial charge is 0.507 e. The molecule has 0 saturated heterocycles. The second kappa shape index (κ2) is 8.68. The number of rotatable bonds is 3. The van der Waals surface area contributed by atoms with E-state index in [2.05, 4.69) is 0 Å². The smallest absolute Gasteiger partial charge is 0.235 e. The predicted molar refractivity (Wildman–Crippen MR) is 136 cm³/mol. The molecule has 6 atom stereocenters. The third-order valence-electron chi connectivity index (χ3n) is 8.62. The molecule has 2 aromatic carbocycles. The molecule has 1 amide bonds. The van der Waals surface area contributed by atoms with Crippen molar-refractivity contribution in [2.45, 2.75) is 38.3 Å². The molecule has 2 unspecified atom stereocenters. The SMILES string of the molecule is Cc1ccc(-c2ccc(O)c3c2C[C@H]2C[C@H]4[C@H](N(C)C)C(=O)C(C(N)=O)C(=O)[C@@]4(O)C(=O)C2C3=O)c(C)c1. The average Bonchev–Trinajstić information content (AvgIpc) is 2.81. The van der Waals surface area contributed by atoms with Crippen molar-refractivity contribution in [3.8, 4) is 16.9 Å². The molecule has 2 aromatic rings. The van der Waals surface area contributed by atoms with Gasteiger partial charge in [-0.15, -0.1) is 0 Å². The number of fused-ring (bicyclic) bond motifs is 3. The average molecular weight is 519 g/mol. The van der Waals surface area contributed by atoms with Crippen LogP contribution in [0.15, 0.2) is 30.3 Å². The number of likely N-dealkylation sites (N-methyl/N-ethyl adjacent to an activating group) is 1. The molecule has 3 aliphatic carbocycles. The van der Waals surface area contributed by atoms with Crippen LogP contribution < -0.4 is 5.73 Å². The van der Waals surface area contributed by atoms with Crippen molar-refractivity contribution in [1.29, 1.82) is 0 Å². The van der Waals surface area contributed by atoms with Gasteiger partial charge in [-0.1, -0.05) is 29.8 Å². The number of benzene rings is 2. The molecule has 2 saturated carbocycles. The Morgan fingerprint density at radius 1 is 1.03 bits per heavy atom. The number of hydrogen-bond acceptors (Lipinski definition) is 8. The fourth-order valence-corrected chi connectivity index (χ4v) is 6.97. The molecule has 9 heteroatoms. The minimum absolute atomic E-state index is 0.00549. The molecule has 0 spiro atoms. The first-order chi connectivity index (χ1) is 17.8. The van der Waals surface area contributed by atoms with Gasteiger partial charge in [0.1, 0.15) is 5.75 Å². The van der Waals surface area contributed by atoms with Crippen LogP contribution in [0, 0.1) is 37.5 Å². The Hall–Kier alpha value is -3.69. The van der Waals surface area contributed by atoms with Crippen LogP contribution in [0.3, 0.4) is 0 Å². The van der Waals surface area contributed by atoms with Gasteiger partial charge in [0, 0.05) is 5.92 Å². The highest BCUT2D eigenvalue weighted by atomic mass is 16.3. The van der Waals surface area contributed by atoms with E-state index in [1.807, 2.05) is 32.0 Å². The Balaban J connectivity index is 1.67. The van der Waals surface area contributed by atoms with Crippen LogP contribution in [-0.2, 0) is 25.6 Å². The zero-order valence-electron chi connectivity index (χ0n) is 21.6. The molecule has 38 heavy (non-hydrogen) atoms.